The fraction of sp³-hybridized carbons (Fsp3) is 0.267. The van der Waals surface area contributed by atoms with E-state index in [1.807, 2.05) is 29.1 Å². The van der Waals surface area contributed by atoms with Crippen molar-refractivity contribution >= 4 is 16.7 Å². The minimum absolute atomic E-state index is 0.890. The highest BCUT2D eigenvalue weighted by molar-refractivity contribution is 6.02. The standard InChI is InChI=1S/C30H33N4O.ClHO4/c1-5-32(6-2)24-14-16-26-28(18-24)35-29-19-25(33(7-3)8-4)15-17-27(29)30(26)22-20-31-34(21-22)23-12-10-9-11-13-23;2-1(3,4)5/h9-21H,5-8H2,1-4H3;(H,2,3,4,5)/q+1;/p-1. The second kappa shape index (κ2) is 12.6. The molecule has 2 aliphatic rings. The third kappa shape index (κ3) is 6.70. The molecule has 0 amide bonds. The van der Waals surface area contributed by atoms with Gasteiger partial charge in [-0.1, -0.05) is 18.2 Å². The van der Waals surface area contributed by atoms with E-state index in [0.717, 1.165) is 65.3 Å². The molecular weight excluding hydrogens is 532 g/mol. The number of fused-ring (bicyclic) bond motifs is 2. The summed E-state index contributed by atoms with van der Waals surface area (Å²) >= 11 is 0. The van der Waals surface area contributed by atoms with Crippen LogP contribution in [0.1, 0.15) is 27.7 Å². The van der Waals surface area contributed by atoms with E-state index in [4.69, 9.17) is 28.2 Å². The van der Waals surface area contributed by atoms with Crippen LogP contribution in [0.25, 0.3) is 39.1 Å². The van der Waals surface area contributed by atoms with Gasteiger partial charge in [-0.3, -0.25) is 0 Å². The molecule has 0 N–H and O–H groups in total. The van der Waals surface area contributed by atoms with Crippen molar-refractivity contribution in [2.45, 2.75) is 27.7 Å². The SMILES string of the molecule is CCN(CC)c1ccc2c(-c3cnn(-c4ccccc4)c3)c3ccc(=[N+](CC)CC)cc-3oc2c1.[O-][Cl+3]([O-])([O-])[O-]. The summed E-state index contributed by atoms with van der Waals surface area (Å²) in [5.74, 6) is 0.890. The van der Waals surface area contributed by atoms with Gasteiger partial charge in [0.2, 0.25) is 5.36 Å². The van der Waals surface area contributed by atoms with E-state index in [1.165, 1.54) is 11.0 Å². The Kier molecular flexibility index (Phi) is 9.24. The molecule has 0 bridgehead atoms. The summed E-state index contributed by atoms with van der Waals surface area (Å²) in [5.41, 5.74) is 6.43. The van der Waals surface area contributed by atoms with Gasteiger partial charge in [-0.25, -0.2) is 27.9 Å². The molecule has 0 atom stereocenters. The molecule has 0 saturated carbocycles. The van der Waals surface area contributed by atoms with Gasteiger partial charge < -0.3 is 9.32 Å². The van der Waals surface area contributed by atoms with Crippen LogP contribution in [0.4, 0.5) is 5.69 Å². The highest BCUT2D eigenvalue weighted by Gasteiger charge is 2.20. The van der Waals surface area contributed by atoms with Crippen LogP contribution in [-0.2, 0) is 0 Å². The molecule has 1 aliphatic heterocycles. The molecule has 0 radical (unpaired) electrons. The molecule has 5 rings (SSSR count). The van der Waals surface area contributed by atoms with Crippen LogP contribution in [0.3, 0.4) is 0 Å². The van der Waals surface area contributed by atoms with Crippen LogP contribution in [0.15, 0.2) is 83.5 Å². The molecule has 3 aromatic rings. The molecular formula is C30H33ClN4O5. The molecule has 2 aromatic carbocycles. The number of aromatic nitrogens is 2. The van der Waals surface area contributed by atoms with Crippen LogP contribution in [-0.4, -0.2) is 36.0 Å². The van der Waals surface area contributed by atoms with Gasteiger partial charge in [0.25, 0.3) is 0 Å². The lowest BCUT2D eigenvalue weighted by Gasteiger charge is -2.22. The fourth-order valence-electron chi connectivity index (χ4n) is 4.92. The van der Waals surface area contributed by atoms with E-state index in [9.17, 15) is 0 Å². The molecule has 40 heavy (non-hydrogen) atoms. The summed E-state index contributed by atoms with van der Waals surface area (Å²) in [7, 11) is -4.94. The third-order valence-electron chi connectivity index (χ3n) is 6.84. The smallest absolute Gasteiger partial charge is 0.203 e. The number of para-hydroxylation sites is 1. The van der Waals surface area contributed by atoms with Crippen molar-refractivity contribution in [1.82, 2.24) is 14.4 Å². The normalized spacial score (nSPS) is 11.4. The van der Waals surface area contributed by atoms with Gasteiger partial charge in [0.15, 0.2) is 0 Å². The first-order valence-corrected chi connectivity index (χ1v) is 14.5. The van der Waals surface area contributed by atoms with Gasteiger partial charge in [-0.05, 0) is 58.0 Å². The minimum Gasteiger partial charge on any atom is -0.456 e. The summed E-state index contributed by atoms with van der Waals surface area (Å²) < 4.78 is 44.8. The van der Waals surface area contributed by atoms with Crippen LogP contribution >= 0.6 is 0 Å². The second-order valence-corrected chi connectivity index (χ2v) is 9.83. The highest BCUT2D eigenvalue weighted by atomic mass is 35.7. The zero-order chi connectivity index (χ0) is 28.9. The fourth-order valence-corrected chi connectivity index (χ4v) is 4.92. The zero-order valence-corrected chi connectivity index (χ0v) is 23.8. The van der Waals surface area contributed by atoms with E-state index in [-0.39, 0.29) is 0 Å². The summed E-state index contributed by atoms with van der Waals surface area (Å²) in [6, 6.07) is 23.4. The molecule has 10 heteroatoms. The minimum atomic E-state index is -4.94. The molecule has 1 aliphatic carbocycles. The second-order valence-electron chi connectivity index (χ2n) is 9.07. The topological polar surface area (TPSA) is 129 Å². The van der Waals surface area contributed by atoms with Gasteiger partial charge >= 0.3 is 0 Å². The maximum atomic E-state index is 8.49. The predicted molar refractivity (Wildman–Crippen MR) is 145 cm³/mol. The monoisotopic (exact) mass is 564 g/mol. The first-order chi connectivity index (χ1) is 19.2. The van der Waals surface area contributed by atoms with Crippen molar-refractivity contribution in [2.75, 3.05) is 31.1 Å². The number of hydrogen-bond donors (Lipinski definition) is 0. The lowest BCUT2D eigenvalue weighted by atomic mass is 9.95. The molecule has 210 valence electrons. The van der Waals surface area contributed by atoms with E-state index < -0.39 is 10.2 Å². The quantitative estimate of drug-likeness (QED) is 0.215. The van der Waals surface area contributed by atoms with E-state index in [2.05, 4.69) is 91.9 Å². The molecule has 9 nitrogen and oxygen atoms in total. The Balaban J connectivity index is 0.000000681. The number of rotatable bonds is 7. The Hall–Kier alpha value is -3.73. The van der Waals surface area contributed by atoms with Gasteiger partial charge in [-0.15, -0.1) is 10.2 Å². The maximum Gasteiger partial charge on any atom is 0.203 e. The Morgan fingerprint density at radius 3 is 2.17 bits per heavy atom. The Bertz CT molecular complexity index is 1590. The van der Waals surface area contributed by atoms with E-state index >= 15 is 0 Å². The third-order valence-corrected chi connectivity index (χ3v) is 6.84. The first kappa shape index (κ1) is 29.3. The largest absolute Gasteiger partial charge is 0.456 e. The Morgan fingerprint density at radius 2 is 1.55 bits per heavy atom. The lowest BCUT2D eigenvalue weighted by Crippen LogP contribution is -2.68. The van der Waals surface area contributed by atoms with Crippen molar-refractivity contribution in [3.05, 3.63) is 84.5 Å². The average molecular weight is 565 g/mol. The van der Waals surface area contributed by atoms with Crippen molar-refractivity contribution in [3.8, 4) is 28.1 Å². The van der Waals surface area contributed by atoms with Gasteiger partial charge in [0.1, 0.15) is 24.4 Å². The zero-order valence-electron chi connectivity index (χ0n) is 23.0. The van der Waals surface area contributed by atoms with E-state index in [1.54, 1.807) is 0 Å². The molecule has 0 unspecified atom stereocenters. The van der Waals surface area contributed by atoms with Crippen LogP contribution in [0.2, 0.25) is 0 Å². The summed E-state index contributed by atoms with van der Waals surface area (Å²) in [6.07, 6.45) is 4.07. The Labute approximate surface area is 235 Å². The van der Waals surface area contributed by atoms with Gasteiger partial charge in [-0.2, -0.15) is 5.10 Å². The first-order valence-electron chi connectivity index (χ1n) is 13.2. The average Bonchev–Trinajstić information content (AvgIpc) is 3.42. The lowest BCUT2D eigenvalue weighted by molar-refractivity contribution is -2.00. The van der Waals surface area contributed by atoms with Crippen LogP contribution in [0, 0.1) is 10.2 Å². The van der Waals surface area contributed by atoms with Crippen molar-refractivity contribution in [3.63, 3.8) is 0 Å². The predicted octanol–water partition coefficient (Wildman–Crippen LogP) is 1.29. The van der Waals surface area contributed by atoms with Crippen molar-refractivity contribution < 1.29 is 33.3 Å². The summed E-state index contributed by atoms with van der Waals surface area (Å²) in [6.45, 7) is 12.6. The number of halogens is 1. The molecule has 2 heterocycles. The highest BCUT2D eigenvalue weighted by Crippen LogP contribution is 2.40. The maximum absolute atomic E-state index is 8.49. The van der Waals surface area contributed by atoms with Crippen molar-refractivity contribution in [1.29, 1.82) is 0 Å². The molecule has 0 spiro atoms. The summed E-state index contributed by atoms with van der Waals surface area (Å²) in [4.78, 5) is 2.35. The number of nitrogens with zero attached hydrogens (tertiary/aromatic N) is 4. The summed E-state index contributed by atoms with van der Waals surface area (Å²) in [5, 5.41) is 6.96. The molecule has 0 saturated heterocycles. The van der Waals surface area contributed by atoms with Crippen LogP contribution in [0.5, 0.6) is 0 Å². The number of anilines is 1. The van der Waals surface area contributed by atoms with Crippen LogP contribution < -0.4 is 33.5 Å². The molecule has 0 fully saturated rings. The molecule has 1 aromatic heterocycles. The van der Waals surface area contributed by atoms with Crippen molar-refractivity contribution in [2.24, 2.45) is 0 Å². The van der Waals surface area contributed by atoms with Gasteiger partial charge in [0.05, 0.1) is 18.0 Å². The number of hydrogen-bond acceptors (Lipinski definition) is 7. The van der Waals surface area contributed by atoms with Gasteiger partial charge in [0, 0.05) is 59.2 Å². The van der Waals surface area contributed by atoms with E-state index in [0.29, 0.717) is 0 Å². The number of benzene rings is 3. The Morgan fingerprint density at radius 1 is 0.875 bits per heavy atom.